The summed E-state index contributed by atoms with van der Waals surface area (Å²) in [5.74, 6) is 1.42. The van der Waals surface area contributed by atoms with Crippen molar-refractivity contribution in [1.29, 1.82) is 0 Å². The van der Waals surface area contributed by atoms with E-state index in [1.165, 1.54) is 6.42 Å². The van der Waals surface area contributed by atoms with Gasteiger partial charge in [0.05, 0.1) is 25.5 Å². The largest absolute Gasteiger partial charge is 0.378 e. The Hall–Kier alpha value is -0.980. The summed E-state index contributed by atoms with van der Waals surface area (Å²) >= 11 is 0. The Morgan fingerprint density at radius 1 is 1.47 bits per heavy atom. The van der Waals surface area contributed by atoms with Crippen molar-refractivity contribution < 1.29 is 4.74 Å². The summed E-state index contributed by atoms with van der Waals surface area (Å²) in [4.78, 5) is 0. The molecule has 0 spiro atoms. The number of aromatic nitrogens is 3. The van der Waals surface area contributed by atoms with Gasteiger partial charge in [0.2, 0.25) is 0 Å². The number of morpholine rings is 1. The van der Waals surface area contributed by atoms with Gasteiger partial charge in [0.1, 0.15) is 5.69 Å². The summed E-state index contributed by atoms with van der Waals surface area (Å²) in [5, 5.41) is 15.4. The fraction of sp³-hybridized carbons (Fsp3) is 0.846. The molecule has 2 aliphatic heterocycles. The van der Waals surface area contributed by atoms with Gasteiger partial charge in [-0.2, -0.15) is 0 Å². The first kappa shape index (κ1) is 13.0. The van der Waals surface area contributed by atoms with Crippen LogP contribution in [0.3, 0.4) is 0 Å². The van der Waals surface area contributed by atoms with Gasteiger partial charge in [-0.05, 0) is 31.3 Å². The molecule has 6 heteroatoms. The monoisotopic (exact) mass is 265 g/mol. The second kappa shape index (κ2) is 5.98. The Labute approximate surface area is 113 Å². The van der Waals surface area contributed by atoms with Crippen LogP contribution in [0.25, 0.3) is 0 Å². The predicted octanol–water partition coefficient (Wildman–Crippen LogP) is 0.185. The molecular weight excluding hydrogens is 242 g/mol. The van der Waals surface area contributed by atoms with Crippen molar-refractivity contribution in [3.05, 3.63) is 11.9 Å². The summed E-state index contributed by atoms with van der Waals surface area (Å²) in [6.45, 7) is 7.86. The molecule has 6 nitrogen and oxygen atoms in total. The molecule has 3 heterocycles. The molecule has 19 heavy (non-hydrogen) atoms. The lowest BCUT2D eigenvalue weighted by molar-refractivity contribution is 0.0756. The fourth-order valence-corrected chi connectivity index (χ4v) is 2.99. The van der Waals surface area contributed by atoms with Gasteiger partial charge in [-0.15, -0.1) is 5.10 Å². The van der Waals surface area contributed by atoms with Gasteiger partial charge in [0.15, 0.2) is 0 Å². The molecule has 0 bridgehead atoms. The Morgan fingerprint density at radius 2 is 2.42 bits per heavy atom. The molecule has 1 aromatic heterocycles. The molecule has 3 unspecified atom stereocenters. The van der Waals surface area contributed by atoms with Gasteiger partial charge in [-0.1, -0.05) is 12.1 Å². The number of nitrogens with one attached hydrogen (secondary N) is 2. The third-order valence-electron chi connectivity index (χ3n) is 3.94. The van der Waals surface area contributed by atoms with Crippen LogP contribution in [0.4, 0.5) is 0 Å². The van der Waals surface area contributed by atoms with E-state index in [0.29, 0.717) is 12.5 Å². The smallest absolute Gasteiger partial charge is 0.102 e. The van der Waals surface area contributed by atoms with Crippen LogP contribution in [-0.2, 0) is 11.3 Å². The molecule has 0 radical (unpaired) electrons. The van der Waals surface area contributed by atoms with Gasteiger partial charge in [0.25, 0.3) is 0 Å². The quantitative estimate of drug-likeness (QED) is 0.816. The third-order valence-corrected chi connectivity index (χ3v) is 3.94. The fourth-order valence-electron chi connectivity index (χ4n) is 2.99. The van der Waals surface area contributed by atoms with Crippen molar-refractivity contribution in [1.82, 2.24) is 25.6 Å². The zero-order valence-corrected chi connectivity index (χ0v) is 11.5. The number of rotatable bonds is 3. The summed E-state index contributed by atoms with van der Waals surface area (Å²) in [7, 11) is 0. The Bertz CT molecular complexity index is 401. The van der Waals surface area contributed by atoms with Crippen LogP contribution in [0, 0.1) is 11.8 Å². The topological polar surface area (TPSA) is 64.0 Å². The second-order valence-corrected chi connectivity index (χ2v) is 5.81. The number of piperidine rings is 1. The molecule has 3 atom stereocenters. The van der Waals surface area contributed by atoms with Crippen LogP contribution in [0.5, 0.6) is 0 Å². The lowest BCUT2D eigenvalue weighted by Crippen LogP contribution is -2.37. The molecule has 0 saturated carbocycles. The standard InChI is InChI=1S/C13H23N5O/c1-10-4-11(6-14-5-10)7-18-8-12(16-17-18)13-9-19-3-2-15-13/h8,10-11,13-15H,2-7,9H2,1H3. The molecule has 2 N–H and O–H groups in total. The van der Waals surface area contributed by atoms with E-state index in [9.17, 15) is 0 Å². The zero-order chi connectivity index (χ0) is 13.1. The first-order valence-electron chi connectivity index (χ1n) is 7.23. The number of nitrogens with zero attached hydrogens (tertiary/aromatic N) is 3. The molecule has 0 aromatic carbocycles. The van der Waals surface area contributed by atoms with Gasteiger partial charge < -0.3 is 15.4 Å². The molecule has 2 aliphatic rings. The maximum absolute atomic E-state index is 5.46. The second-order valence-electron chi connectivity index (χ2n) is 5.81. The van der Waals surface area contributed by atoms with Gasteiger partial charge in [-0.25, -0.2) is 0 Å². The average molecular weight is 265 g/mol. The summed E-state index contributed by atoms with van der Waals surface area (Å²) in [6, 6.07) is 0.200. The lowest BCUT2D eigenvalue weighted by Gasteiger charge is -2.27. The van der Waals surface area contributed by atoms with Crippen LogP contribution in [-0.4, -0.2) is 47.8 Å². The van der Waals surface area contributed by atoms with E-state index < -0.39 is 0 Å². The van der Waals surface area contributed by atoms with Crippen LogP contribution >= 0.6 is 0 Å². The van der Waals surface area contributed by atoms with Crippen molar-refractivity contribution in [3.8, 4) is 0 Å². The Balaban J connectivity index is 1.58. The highest BCUT2D eigenvalue weighted by Gasteiger charge is 2.21. The van der Waals surface area contributed by atoms with Crippen molar-refractivity contribution in [2.45, 2.75) is 25.9 Å². The number of hydrogen-bond acceptors (Lipinski definition) is 5. The number of hydrogen-bond donors (Lipinski definition) is 2. The van der Waals surface area contributed by atoms with Crippen LogP contribution in [0.15, 0.2) is 6.20 Å². The molecule has 1 aromatic rings. The molecule has 2 saturated heterocycles. The molecule has 0 aliphatic carbocycles. The van der Waals surface area contributed by atoms with E-state index in [2.05, 4.69) is 34.1 Å². The predicted molar refractivity (Wildman–Crippen MR) is 71.7 cm³/mol. The van der Waals surface area contributed by atoms with E-state index in [0.717, 1.165) is 44.4 Å². The lowest BCUT2D eigenvalue weighted by atomic mass is 9.92. The zero-order valence-electron chi connectivity index (χ0n) is 11.5. The molecule has 2 fully saturated rings. The van der Waals surface area contributed by atoms with E-state index in [1.54, 1.807) is 0 Å². The van der Waals surface area contributed by atoms with E-state index >= 15 is 0 Å². The minimum absolute atomic E-state index is 0.200. The van der Waals surface area contributed by atoms with Gasteiger partial charge in [-0.3, -0.25) is 4.68 Å². The maximum atomic E-state index is 5.46. The van der Waals surface area contributed by atoms with E-state index in [4.69, 9.17) is 4.74 Å². The Morgan fingerprint density at radius 3 is 3.21 bits per heavy atom. The minimum Gasteiger partial charge on any atom is -0.378 e. The van der Waals surface area contributed by atoms with Crippen LogP contribution < -0.4 is 10.6 Å². The molecule has 0 amide bonds. The SMILES string of the molecule is CC1CNCC(Cn2cc(C3COCCN3)nn2)C1. The maximum Gasteiger partial charge on any atom is 0.102 e. The first-order chi connectivity index (χ1) is 9.31. The van der Waals surface area contributed by atoms with E-state index in [-0.39, 0.29) is 6.04 Å². The molecular formula is C13H23N5O. The summed E-state index contributed by atoms with van der Waals surface area (Å²) in [5.41, 5.74) is 0.997. The molecule has 106 valence electrons. The minimum atomic E-state index is 0.200. The Kier molecular flexibility index (Phi) is 4.10. The summed E-state index contributed by atoms with van der Waals surface area (Å²) in [6.07, 6.45) is 3.33. The highest BCUT2D eigenvalue weighted by molar-refractivity contribution is 5.01. The van der Waals surface area contributed by atoms with Crippen molar-refractivity contribution in [2.75, 3.05) is 32.8 Å². The van der Waals surface area contributed by atoms with E-state index in [1.807, 2.05) is 4.68 Å². The highest BCUT2D eigenvalue weighted by atomic mass is 16.5. The molecule has 3 rings (SSSR count). The van der Waals surface area contributed by atoms with Crippen molar-refractivity contribution in [2.24, 2.45) is 11.8 Å². The van der Waals surface area contributed by atoms with Crippen molar-refractivity contribution >= 4 is 0 Å². The average Bonchev–Trinajstić information content (AvgIpc) is 2.88. The first-order valence-corrected chi connectivity index (χ1v) is 7.23. The van der Waals surface area contributed by atoms with Crippen molar-refractivity contribution in [3.63, 3.8) is 0 Å². The highest BCUT2D eigenvalue weighted by Crippen LogP contribution is 2.18. The third kappa shape index (κ3) is 3.32. The van der Waals surface area contributed by atoms with Crippen LogP contribution in [0.1, 0.15) is 25.1 Å². The summed E-state index contributed by atoms with van der Waals surface area (Å²) < 4.78 is 7.44. The van der Waals surface area contributed by atoms with Gasteiger partial charge >= 0.3 is 0 Å². The number of ether oxygens (including phenoxy) is 1. The van der Waals surface area contributed by atoms with Crippen LogP contribution in [0.2, 0.25) is 0 Å². The normalized spacial score (nSPS) is 32.4. The van der Waals surface area contributed by atoms with Gasteiger partial charge in [0, 0.05) is 13.1 Å².